The van der Waals surface area contributed by atoms with Crippen molar-refractivity contribution in [2.45, 2.75) is 45.1 Å². The van der Waals surface area contributed by atoms with Crippen LogP contribution in [0.3, 0.4) is 0 Å². The average molecular weight is 217 g/mol. The van der Waals surface area contributed by atoms with Gasteiger partial charge in [0.25, 0.3) is 0 Å². The number of carbonyl (C=O) groups excluding carboxylic acids is 1. The summed E-state index contributed by atoms with van der Waals surface area (Å²) in [5.74, 6) is -0.178. The van der Waals surface area contributed by atoms with E-state index in [1.54, 1.807) is 0 Å². The van der Waals surface area contributed by atoms with Crippen LogP contribution in [0.2, 0.25) is 0 Å². The zero-order chi connectivity index (χ0) is 11.7. The number of nitrogens with one attached hydrogen (secondary N) is 1. The van der Waals surface area contributed by atoms with Crippen molar-refractivity contribution in [2.75, 3.05) is 20.3 Å². The molecule has 0 atom stereocenters. The molecule has 0 aromatic rings. The Morgan fingerprint density at radius 3 is 2.27 bits per heavy atom. The van der Waals surface area contributed by atoms with E-state index in [1.165, 1.54) is 7.11 Å². The molecule has 0 fully saturated rings. The van der Waals surface area contributed by atoms with Crippen molar-refractivity contribution < 1.29 is 14.6 Å². The minimum atomic E-state index is -0.757. The summed E-state index contributed by atoms with van der Waals surface area (Å²) in [6.07, 6.45) is 3.26. The molecule has 1 amide bonds. The fourth-order valence-corrected chi connectivity index (χ4v) is 1.68. The van der Waals surface area contributed by atoms with E-state index in [0.29, 0.717) is 19.4 Å². The summed E-state index contributed by atoms with van der Waals surface area (Å²) < 4.78 is 4.70. The number of carbonyl (C=O) groups is 1. The summed E-state index contributed by atoms with van der Waals surface area (Å²) in [5, 5.41) is 12.9. The van der Waals surface area contributed by atoms with E-state index in [-0.39, 0.29) is 12.5 Å². The van der Waals surface area contributed by atoms with E-state index in [0.717, 1.165) is 12.8 Å². The molecule has 0 saturated carbocycles. The second-order valence-corrected chi connectivity index (χ2v) is 3.93. The number of hydrogen-bond donors (Lipinski definition) is 2. The van der Waals surface area contributed by atoms with Crippen molar-refractivity contribution in [3.8, 4) is 0 Å². The van der Waals surface area contributed by atoms with Crippen molar-refractivity contribution in [1.29, 1.82) is 0 Å². The SMILES string of the molecule is CCCC(O)(CCC)CNC(=O)COC. The summed E-state index contributed by atoms with van der Waals surface area (Å²) in [6, 6.07) is 0. The monoisotopic (exact) mass is 217 g/mol. The van der Waals surface area contributed by atoms with E-state index in [4.69, 9.17) is 4.74 Å². The highest BCUT2D eigenvalue weighted by Gasteiger charge is 2.25. The zero-order valence-corrected chi connectivity index (χ0v) is 10.0. The van der Waals surface area contributed by atoms with Crippen LogP contribution in [0, 0.1) is 0 Å². The molecule has 0 rings (SSSR count). The number of ether oxygens (including phenoxy) is 1. The van der Waals surface area contributed by atoms with Gasteiger partial charge in [-0.2, -0.15) is 0 Å². The minimum Gasteiger partial charge on any atom is -0.388 e. The van der Waals surface area contributed by atoms with Crippen molar-refractivity contribution in [1.82, 2.24) is 5.32 Å². The Labute approximate surface area is 92.0 Å². The highest BCUT2D eigenvalue weighted by Crippen LogP contribution is 2.18. The van der Waals surface area contributed by atoms with Gasteiger partial charge in [0.15, 0.2) is 0 Å². The van der Waals surface area contributed by atoms with Gasteiger partial charge in [0.2, 0.25) is 5.91 Å². The summed E-state index contributed by atoms with van der Waals surface area (Å²) in [7, 11) is 1.48. The first-order valence-corrected chi connectivity index (χ1v) is 5.56. The van der Waals surface area contributed by atoms with E-state index >= 15 is 0 Å². The van der Waals surface area contributed by atoms with E-state index in [1.807, 2.05) is 13.8 Å². The van der Waals surface area contributed by atoms with E-state index < -0.39 is 5.60 Å². The van der Waals surface area contributed by atoms with E-state index in [9.17, 15) is 9.90 Å². The second-order valence-electron chi connectivity index (χ2n) is 3.93. The molecule has 4 heteroatoms. The first kappa shape index (κ1) is 14.4. The minimum absolute atomic E-state index is 0.0499. The molecular formula is C11H23NO3. The number of amides is 1. The Bertz CT molecular complexity index is 177. The Morgan fingerprint density at radius 1 is 1.33 bits per heavy atom. The standard InChI is InChI=1S/C11H23NO3/c1-4-6-11(14,7-5-2)9-12-10(13)8-15-3/h14H,4-9H2,1-3H3,(H,12,13). The fourth-order valence-electron chi connectivity index (χ4n) is 1.68. The maximum absolute atomic E-state index is 11.2. The third kappa shape index (κ3) is 6.47. The molecule has 90 valence electrons. The molecule has 0 aromatic carbocycles. The molecule has 0 heterocycles. The van der Waals surface area contributed by atoms with Crippen LogP contribution in [0.15, 0.2) is 0 Å². The third-order valence-corrected chi connectivity index (χ3v) is 2.32. The molecule has 2 N–H and O–H groups in total. The number of methoxy groups -OCH3 is 1. The smallest absolute Gasteiger partial charge is 0.246 e. The molecule has 0 aromatic heterocycles. The lowest BCUT2D eigenvalue weighted by Crippen LogP contribution is -2.43. The predicted molar refractivity (Wildman–Crippen MR) is 59.7 cm³/mol. The van der Waals surface area contributed by atoms with Gasteiger partial charge in [-0.15, -0.1) is 0 Å². The van der Waals surface area contributed by atoms with Crippen LogP contribution in [-0.2, 0) is 9.53 Å². The van der Waals surface area contributed by atoms with Gasteiger partial charge in [0, 0.05) is 13.7 Å². The predicted octanol–water partition coefficient (Wildman–Crippen LogP) is 1.08. The molecule has 0 aliphatic heterocycles. The molecule has 0 aliphatic carbocycles. The lowest BCUT2D eigenvalue weighted by molar-refractivity contribution is -0.126. The zero-order valence-electron chi connectivity index (χ0n) is 10.0. The molecule has 0 unspecified atom stereocenters. The highest BCUT2D eigenvalue weighted by atomic mass is 16.5. The molecule has 0 bridgehead atoms. The number of hydrogen-bond acceptors (Lipinski definition) is 3. The van der Waals surface area contributed by atoms with Crippen LogP contribution in [0.5, 0.6) is 0 Å². The number of aliphatic hydroxyl groups is 1. The van der Waals surface area contributed by atoms with Gasteiger partial charge >= 0.3 is 0 Å². The Kier molecular flexibility index (Phi) is 7.34. The second kappa shape index (κ2) is 7.65. The maximum Gasteiger partial charge on any atom is 0.246 e. The molecular weight excluding hydrogens is 194 g/mol. The van der Waals surface area contributed by atoms with Crippen molar-refractivity contribution in [3.05, 3.63) is 0 Å². The molecule has 0 aliphatic rings. The summed E-state index contributed by atoms with van der Waals surface area (Å²) in [6.45, 7) is 4.42. The molecule has 15 heavy (non-hydrogen) atoms. The van der Waals surface area contributed by atoms with Crippen LogP contribution in [0.1, 0.15) is 39.5 Å². The largest absolute Gasteiger partial charge is 0.388 e. The Morgan fingerprint density at radius 2 is 1.87 bits per heavy atom. The van der Waals surface area contributed by atoms with Gasteiger partial charge in [-0.25, -0.2) is 0 Å². The van der Waals surface area contributed by atoms with Crippen molar-refractivity contribution in [3.63, 3.8) is 0 Å². The van der Waals surface area contributed by atoms with Crippen LogP contribution >= 0.6 is 0 Å². The fraction of sp³-hybridized carbons (Fsp3) is 0.909. The van der Waals surface area contributed by atoms with E-state index in [2.05, 4.69) is 5.32 Å². The Hall–Kier alpha value is -0.610. The van der Waals surface area contributed by atoms with Crippen LogP contribution < -0.4 is 5.32 Å². The highest BCUT2D eigenvalue weighted by molar-refractivity contribution is 5.77. The van der Waals surface area contributed by atoms with Gasteiger partial charge in [-0.3, -0.25) is 4.79 Å². The maximum atomic E-state index is 11.2. The van der Waals surface area contributed by atoms with Gasteiger partial charge in [-0.1, -0.05) is 26.7 Å². The third-order valence-electron chi connectivity index (χ3n) is 2.32. The topological polar surface area (TPSA) is 58.6 Å². The lowest BCUT2D eigenvalue weighted by Gasteiger charge is -2.27. The summed E-state index contributed by atoms with van der Waals surface area (Å²) >= 11 is 0. The molecule has 4 nitrogen and oxygen atoms in total. The molecule has 0 radical (unpaired) electrons. The average Bonchev–Trinajstić information content (AvgIpc) is 2.16. The van der Waals surface area contributed by atoms with Crippen LogP contribution in [0.25, 0.3) is 0 Å². The Balaban J connectivity index is 3.99. The van der Waals surface area contributed by atoms with Crippen molar-refractivity contribution in [2.24, 2.45) is 0 Å². The lowest BCUT2D eigenvalue weighted by atomic mass is 9.93. The molecule has 0 spiro atoms. The van der Waals surface area contributed by atoms with Gasteiger partial charge < -0.3 is 15.2 Å². The quantitative estimate of drug-likeness (QED) is 0.639. The van der Waals surface area contributed by atoms with Crippen molar-refractivity contribution >= 4 is 5.91 Å². The van der Waals surface area contributed by atoms with Crippen LogP contribution in [0.4, 0.5) is 0 Å². The van der Waals surface area contributed by atoms with Gasteiger partial charge in [-0.05, 0) is 12.8 Å². The number of rotatable bonds is 8. The van der Waals surface area contributed by atoms with Gasteiger partial charge in [0.05, 0.1) is 5.60 Å². The van der Waals surface area contributed by atoms with Gasteiger partial charge in [0.1, 0.15) is 6.61 Å². The van der Waals surface area contributed by atoms with Crippen LogP contribution in [-0.4, -0.2) is 36.9 Å². The molecule has 0 saturated heterocycles. The summed E-state index contributed by atoms with van der Waals surface area (Å²) in [4.78, 5) is 11.2. The first-order valence-electron chi connectivity index (χ1n) is 5.56. The summed E-state index contributed by atoms with van der Waals surface area (Å²) in [5.41, 5.74) is -0.757. The normalized spacial score (nSPS) is 11.5. The first-order chi connectivity index (χ1) is 7.08.